The van der Waals surface area contributed by atoms with Gasteiger partial charge < -0.3 is 9.30 Å². The number of rotatable bonds is 5. The molecule has 21 heavy (non-hydrogen) atoms. The maximum absolute atomic E-state index is 13.7. The van der Waals surface area contributed by atoms with E-state index in [1.165, 1.54) is 0 Å². The third-order valence-electron chi connectivity index (χ3n) is 2.79. The molecule has 0 aliphatic heterocycles. The zero-order valence-electron chi connectivity index (χ0n) is 11.1. The maximum Gasteiger partial charge on any atom is 0.238 e. The van der Waals surface area contributed by atoms with Gasteiger partial charge in [0, 0.05) is 25.9 Å². The summed E-state index contributed by atoms with van der Waals surface area (Å²) in [5.41, 5.74) is 0. The van der Waals surface area contributed by atoms with E-state index in [2.05, 4.69) is 4.98 Å². The van der Waals surface area contributed by atoms with Crippen LogP contribution in [-0.2, 0) is 23.5 Å². The molecule has 0 spiro atoms. The van der Waals surface area contributed by atoms with Crippen LogP contribution in [0.1, 0.15) is 5.82 Å². The highest BCUT2D eigenvalue weighted by Crippen LogP contribution is 2.25. The number of aromatic nitrogens is 2. The van der Waals surface area contributed by atoms with Crippen molar-refractivity contribution in [2.24, 2.45) is 12.2 Å². The number of benzene rings is 1. The minimum atomic E-state index is -4.18. The van der Waals surface area contributed by atoms with Gasteiger partial charge in [-0.2, -0.15) is 0 Å². The Hall–Kier alpha value is -2.00. The summed E-state index contributed by atoms with van der Waals surface area (Å²) < 4.78 is 56.2. The molecular formula is C12H13F2N3O3S. The SMILES string of the molecule is Cn1ccnc1CCOc1c(F)cc(S(N)(=O)=O)cc1F. The summed E-state index contributed by atoms with van der Waals surface area (Å²) in [4.78, 5) is 3.39. The second-order valence-corrected chi connectivity index (χ2v) is 5.88. The molecule has 0 bridgehead atoms. The van der Waals surface area contributed by atoms with E-state index < -0.39 is 32.3 Å². The van der Waals surface area contributed by atoms with Crippen molar-refractivity contribution in [2.75, 3.05) is 6.61 Å². The monoisotopic (exact) mass is 317 g/mol. The minimum Gasteiger partial charge on any atom is -0.487 e. The molecule has 0 aliphatic rings. The van der Waals surface area contributed by atoms with Crippen molar-refractivity contribution < 1.29 is 21.9 Å². The van der Waals surface area contributed by atoms with Crippen molar-refractivity contribution >= 4 is 10.0 Å². The third kappa shape index (κ3) is 3.56. The van der Waals surface area contributed by atoms with Gasteiger partial charge in [0.1, 0.15) is 5.82 Å². The number of nitrogens with two attached hydrogens (primary N) is 1. The first-order valence-electron chi connectivity index (χ1n) is 5.90. The van der Waals surface area contributed by atoms with Gasteiger partial charge in [-0.15, -0.1) is 0 Å². The number of hydrogen-bond donors (Lipinski definition) is 1. The van der Waals surface area contributed by atoms with Crippen LogP contribution in [0.5, 0.6) is 5.75 Å². The number of nitrogens with zero attached hydrogens (tertiary/aromatic N) is 2. The molecule has 2 aromatic rings. The predicted molar refractivity (Wildman–Crippen MR) is 70.1 cm³/mol. The molecule has 2 rings (SSSR count). The van der Waals surface area contributed by atoms with Crippen LogP contribution in [0.4, 0.5) is 8.78 Å². The molecule has 1 aromatic heterocycles. The zero-order valence-corrected chi connectivity index (χ0v) is 11.9. The fraction of sp³-hybridized carbons (Fsp3) is 0.250. The first-order chi connectivity index (χ1) is 9.79. The van der Waals surface area contributed by atoms with E-state index in [4.69, 9.17) is 9.88 Å². The lowest BCUT2D eigenvalue weighted by atomic mass is 10.3. The molecular weight excluding hydrogens is 304 g/mol. The fourth-order valence-corrected chi connectivity index (χ4v) is 2.26. The zero-order chi connectivity index (χ0) is 15.6. The molecule has 1 heterocycles. The highest BCUT2D eigenvalue weighted by Gasteiger charge is 2.18. The molecule has 0 fully saturated rings. The van der Waals surface area contributed by atoms with Crippen LogP contribution < -0.4 is 9.88 Å². The minimum absolute atomic E-state index is 0.00653. The van der Waals surface area contributed by atoms with E-state index in [9.17, 15) is 17.2 Å². The van der Waals surface area contributed by atoms with Gasteiger partial charge >= 0.3 is 0 Å². The van der Waals surface area contributed by atoms with Crippen molar-refractivity contribution in [1.29, 1.82) is 0 Å². The van der Waals surface area contributed by atoms with Crippen LogP contribution in [-0.4, -0.2) is 24.6 Å². The molecule has 0 aliphatic carbocycles. The summed E-state index contributed by atoms with van der Waals surface area (Å²) in [7, 11) is -2.39. The lowest BCUT2D eigenvalue weighted by Crippen LogP contribution is -2.14. The van der Waals surface area contributed by atoms with E-state index in [1.807, 2.05) is 0 Å². The second-order valence-electron chi connectivity index (χ2n) is 4.31. The molecule has 0 saturated carbocycles. The first kappa shape index (κ1) is 15.4. The molecule has 6 nitrogen and oxygen atoms in total. The lowest BCUT2D eigenvalue weighted by Gasteiger charge is -2.09. The first-order valence-corrected chi connectivity index (χ1v) is 7.44. The van der Waals surface area contributed by atoms with Gasteiger partial charge in [-0.05, 0) is 12.1 Å². The van der Waals surface area contributed by atoms with Crippen molar-refractivity contribution in [2.45, 2.75) is 11.3 Å². The lowest BCUT2D eigenvalue weighted by molar-refractivity contribution is 0.284. The van der Waals surface area contributed by atoms with Gasteiger partial charge in [-0.3, -0.25) is 0 Å². The van der Waals surface area contributed by atoms with E-state index in [0.717, 1.165) is 0 Å². The molecule has 2 N–H and O–H groups in total. The van der Waals surface area contributed by atoms with Crippen LogP contribution in [0.3, 0.4) is 0 Å². The van der Waals surface area contributed by atoms with E-state index in [0.29, 0.717) is 24.4 Å². The highest BCUT2D eigenvalue weighted by atomic mass is 32.2. The van der Waals surface area contributed by atoms with Crippen LogP contribution in [0.2, 0.25) is 0 Å². The second kappa shape index (κ2) is 5.78. The fourth-order valence-electron chi connectivity index (χ4n) is 1.72. The summed E-state index contributed by atoms with van der Waals surface area (Å²) in [6, 6.07) is 1.24. The summed E-state index contributed by atoms with van der Waals surface area (Å²) in [6.45, 7) is -0.00653. The van der Waals surface area contributed by atoms with Gasteiger partial charge in [0.2, 0.25) is 10.0 Å². The topological polar surface area (TPSA) is 87.2 Å². The predicted octanol–water partition coefficient (Wildman–Crippen LogP) is 0.967. The average molecular weight is 317 g/mol. The molecule has 114 valence electrons. The van der Waals surface area contributed by atoms with Crippen LogP contribution >= 0.6 is 0 Å². The van der Waals surface area contributed by atoms with Crippen molar-refractivity contribution in [3.63, 3.8) is 0 Å². The van der Waals surface area contributed by atoms with Crippen LogP contribution in [0.15, 0.2) is 29.4 Å². The maximum atomic E-state index is 13.7. The number of ether oxygens (including phenoxy) is 1. The largest absolute Gasteiger partial charge is 0.487 e. The number of aryl methyl sites for hydroxylation is 1. The van der Waals surface area contributed by atoms with Gasteiger partial charge in [0.15, 0.2) is 17.4 Å². The van der Waals surface area contributed by atoms with E-state index in [1.54, 1.807) is 24.0 Å². The molecule has 1 aromatic carbocycles. The summed E-state index contributed by atoms with van der Waals surface area (Å²) >= 11 is 0. The van der Waals surface area contributed by atoms with Crippen molar-refractivity contribution in [1.82, 2.24) is 9.55 Å². The molecule has 9 heteroatoms. The van der Waals surface area contributed by atoms with Gasteiger partial charge in [-0.1, -0.05) is 0 Å². The standard InChI is InChI=1S/C12H13F2N3O3S/c1-17-4-3-16-11(17)2-5-20-12-9(13)6-8(7-10(12)14)21(15,18)19/h3-4,6-7H,2,5H2,1H3,(H2,15,18,19). The molecule has 0 atom stereocenters. The summed E-state index contributed by atoms with van der Waals surface area (Å²) in [5, 5.41) is 4.81. The Bertz CT molecular complexity index is 736. The van der Waals surface area contributed by atoms with Gasteiger partial charge in [0.05, 0.1) is 11.5 Å². The number of hydrogen-bond acceptors (Lipinski definition) is 4. The van der Waals surface area contributed by atoms with Crippen LogP contribution in [0, 0.1) is 11.6 Å². The number of imidazole rings is 1. The smallest absolute Gasteiger partial charge is 0.238 e. The Kier molecular flexibility index (Phi) is 4.24. The summed E-state index contributed by atoms with van der Waals surface area (Å²) in [6.07, 6.45) is 3.67. The van der Waals surface area contributed by atoms with Crippen molar-refractivity contribution in [3.8, 4) is 5.75 Å². The van der Waals surface area contributed by atoms with Gasteiger partial charge in [-0.25, -0.2) is 27.3 Å². The normalized spacial score (nSPS) is 11.6. The Morgan fingerprint density at radius 2 is 1.95 bits per heavy atom. The van der Waals surface area contributed by atoms with Crippen molar-refractivity contribution in [3.05, 3.63) is 42.0 Å². The van der Waals surface area contributed by atoms with E-state index >= 15 is 0 Å². The van der Waals surface area contributed by atoms with Gasteiger partial charge in [0.25, 0.3) is 0 Å². The number of sulfonamides is 1. The quantitative estimate of drug-likeness (QED) is 0.890. The Morgan fingerprint density at radius 3 is 2.43 bits per heavy atom. The highest BCUT2D eigenvalue weighted by molar-refractivity contribution is 7.89. The Morgan fingerprint density at radius 1 is 1.33 bits per heavy atom. The molecule has 0 amide bonds. The Balaban J connectivity index is 2.12. The van der Waals surface area contributed by atoms with Crippen LogP contribution in [0.25, 0.3) is 0 Å². The number of halogens is 2. The van der Waals surface area contributed by atoms with E-state index in [-0.39, 0.29) is 6.61 Å². The molecule has 0 unspecified atom stereocenters. The summed E-state index contributed by atoms with van der Waals surface area (Å²) in [5.74, 6) is -2.20. The molecule has 0 radical (unpaired) electrons. The average Bonchev–Trinajstić information content (AvgIpc) is 2.77. The molecule has 0 saturated heterocycles. The number of primary sulfonamides is 1. The third-order valence-corrected chi connectivity index (χ3v) is 3.69. The Labute approximate surface area is 120 Å².